The molecule has 4 heteroatoms. The van der Waals surface area contributed by atoms with Crippen LogP contribution in [0.4, 0.5) is 4.39 Å². The van der Waals surface area contributed by atoms with E-state index in [2.05, 4.69) is 4.98 Å². The number of ketones is 1. The fourth-order valence-corrected chi connectivity index (χ4v) is 1.90. The van der Waals surface area contributed by atoms with E-state index in [1.54, 1.807) is 25.3 Å². The van der Waals surface area contributed by atoms with Crippen molar-refractivity contribution < 1.29 is 9.18 Å². The van der Waals surface area contributed by atoms with Crippen LogP contribution in [0.25, 0.3) is 0 Å². The van der Waals surface area contributed by atoms with Gasteiger partial charge in [-0.15, -0.1) is 0 Å². The van der Waals surface area contributed by atoms with Gasteiger partial charge >= 0.3 is 0 Å². The lowest BCUT2D eigenvalue weighted by Crippen LogP contribution is -2.11. The van der Waals surface area contributed by atoms with Crippen LogP contribution < -0.4 is 0 Å². The van der Waals surface area contributed by atoms with Crippen LogP contribution in [0.5, 0.6) is 0 Å². The first kappa shape index (κ1) is 12.5. The van der Waals surface area contributed by atoms with Crippen molar-refractivity contribution in [3.63, 3.8) is 0 Å². The van der Waals surface area contributed by atoms with Gasteiger partial charge in [0.15, 0.2) is 5.78 Å². The molecule has 0 aliphatic carbocycles. The van der Waals surface area contributed by atoms with Crippen LogP contribution in [0.2, 0.25) is 0 Å². The van der Waals surface area contributed by atoms with Crippen LogP contribution in [-0.2, 0) is 13.0 Å². The average molecular weight is 246 g/mol. The Morgan fingerprint density at radius 2 is 2.22 bits per heavy atom. The maximum Gasteiger partial charge on any atom is 0.173 e. The van der Waals surface area contributed by atoms with Crippen molar-refractivity contribution in [2.45, 2.75) is 26.8 Å². The molecule has 18 heavy (non-hydrogen) atoms. The van der Waals surface area contributed by atoms with Crippen molar-refractivity contribution in [1.82, 2.24) is 9.55 Å². The summed E-state index contributed by atoms with van der Waals surface area (Å²) in [7, 11) is 0. The van der Waals surface area contributed by atoms with Crippen molar-refractivity contribution in [2.24, 2.45) is 0 Å². The number of imidazole rings is 1. The molecule has 0 saturated heterocycles. The van der Waals surface area contributed by atoms with Crippen LogP contribution in [0.15, 0.2) is 30.6 Å². The zero-order valence-corrected chi connectivity index (χ0v) is 10.5. The molecule has 0 bridgehead atoms. The van der Waals surface area contributed by atoms with Crippen molar-refractivity contribution in [3.05, 3.63) is 53.4 Å². The highest BCUT2D eigenvalue weighted by Gasteiger charge is 2.15. The Bertz CT molecular complexity index is 575. The van der Waals surface area contributed by atoms with E-state index in [0.717, 1.165) is 6.54 Å². The van der Waals surface area contributed by atoms with E-state index in [-0.39, 0.29) is 17.8 Å². The topological polar surface area (TPSA) is 34.9 Å². The molecule has 1 aromatic carbocycles. The third kappa shape index (κ3) is 2.32. The zero-order valence-electron chi connectivity index (χ0n) is 10.5. The maximum absolute atomic E-state index is 13.8. The average Bonchev–Trinajstić information content (AvgIpc) is 2.79. The minimum absolute atomic E-state index is 0.126. The summed E-state index contributed by atoms with van der Waals surface area (Å²) in [6, 6.07) is 4.86. The molecular formula is C14H15FN2O. The normalized spacial score (nSPS) is 10.6. The number of carbonyl (C=O) groups excluding carboxylic acids is 1. The minimum atomic E-state index is -0.433. The quantitative estimate of drug-likeness (QED) is 0.777. The summed E-state index contributed by atoms with van der Waals surface area (Å²) in [5, 5.41) is 0. The summed E-state index contributed by atoms with van der Waals surface area (Å²) in [5.74, 6) is -0.00221. The standard InChI is InChI=1S/C14H15FN2O/c1-3-17-8-7-16-13(17)9-12(18)11-6-4-5-10(2)14(11)15/h4-8H,3,9H2,1-2H3. The van der Waals surface area contributed by atoms with Gasteiger partial charge in [-0.05, 0) is 25.5 Å². The molecule has 0 N–H and O–H groups in total. The van der Waals surface area contributed by atoms with Crippen LogP contribution in [0, 0.1) is 12.7 Å². The molecule has 0 aliphatic rings. The second kappa shape index (κ2) is 5.12. The van der Waals surface area contributed by atoms with Crippen LogP contribution in [0.1, 0.15) is 28.7 Å². The van der Waals surface area contributed by atoms with Crippen LogP contribution in [-0.4, -0.2) is 15.3 Å². The summed E-state index contributed by atoms with van der Waals surface area (Å²) in [6.45, 7) is 4.38. The third-order valence-corrected chi connectivity index (χ3v) is 2.95. The minimum Gasteiger partial charge on any atom is -0.335 e. The lowest BCUT2D eigenvalue weighted by molar-refractivity contribution is 0.0985. The lowest BCUT2D eigenvalue weighted by Gasteiger charge is -2.06. The molecule has 2 rings (SSSR count). The predicted octanol–water partition coefficient (Wildman–Crippen LogP) is 2.78. The second-order valence-corrected chi connectivity index (χ2v) is 4.17. The van der Waals surface area contributed by atoms with Crippen molar-refractivity contribution in [2.75, 3.05) is 0 Å². The fraction of sp³-hybridized carbons (Fsp3) is 0.286. The zero-order chi connectivity index (χ0) is 13.1. The molecule has 3 nitrogen and oxygen atoms in total. The molecule has 0 unspecified atom stereocenters. The summed E-state index contributed by atoms with van der Waals surface area (Å²) < 4.78 is 15.7. The number of halogens is 1. The molecule has 0 aliphatic heterocycles. The van der Waals surface area contributed by atoms with Gasteiger partial charge in [-0.1, -0.05) is 12.1 Å². The summed E-state index contributed by atoms with van der Waals surface area (Å²) in [4.78, 5) is 16.2. The Kier molecular flexibility index (Phi) is 3.55. The van der Waals surface area contributed by atoms with Gasteiger partial charge in [-0.2, -0.15) is 0 Å². The Morgan fingerprint density at radius 1 is 1.44 bits per heavy atom. The molecule has 0 fully saturated rings. The Labute approximate surface area is 105 Å². The number of aromatic nitrogens is 2. The van der Waals surface area contributed by atoms with E-state index >= 15 is 0 Å². The smallest absolute Gasteiger partial charge is 0.173 e. The van der Waals surface area contributed by atoms with Crippen LogP contribution >= 0.6 is 0 Å². The summed E-state index contributed by atoms with van der Waals surface area (Å²) in [6.07, 6.45) is 3.59. The van der Waals surface area contributed by atoms with E-state index < -0.39 is 5.82 Å². The number of nitrogens with zero attached hydrogens (tertiary/aromatic N) is 2. The van der Waals surface area contributed by atoms with Gasteiger partial charge in [0.05, 0.1) is 12.0 Å². The number of Topliss-reactive ketones (excluding diaryl/α,β-unsaturated/α-hetero) is 1. The number of carbonyl (C=O) groups is 1. The Hall–Kier alpha value is -1.97. The molecule has 2 aromatic rings. The van der Waals surface area contributed by atoms with E-state index in [4.69, 9.17) is 0 Å². The fourth-order valence-electron chi connectivity index (χ4n) is 1.90. The molecule has 0 spiro atoms. The first-order chi connectivity index (χ1) is 8.63. The van der Waals surface area contributed by atoms with Gasteiger partial charge < -0.3 is 4.57 Å². The molecular weight excluding hydrogens is 231 g/mol. The summed E-state index contributed by atoms with van der Waals surface area (Å²) >= 11 is 0. The number of rotatable bonds is 4. The first-order valence-corrected chi connectivity index (χ1v) is 5.91. The number of hydrogen-bond acceptors (Lipinski definition) is 2. The highest BCUT2D eigenvalue weighted by molar-refractivity contribution is 5.97. The van der Waals surface area contributed by atoms with Crippen LogP contribution in [0.3, 0.4) is 0 Å². The predicted molar refractivity (Wildman–Crippen MR) is 67.1 cm³/mol. The van der Waals surface area contributed by atoms with Crippen molar-refractivity contribution in [3.8, 4) is 0 Å². The van der Waals surface area contributed by atoms with Gasteiger partial charge in [0.2, 0.25) is 0 Å². The molecule has 1 heterocycles. The largest absolute Gasteiger partial charge is 0.335 e. The number of hydrogen-bond donors (Lipinski definition) is 0. The molecule has 94 valence electrons. The number of benzene rings is 1. The Morgan fingerprint density at radius 3 is 2.94 bits per heavy atom. The highest BCUT2D eigenvalue weighted by atomic mass is 19.1. The molecule has 0 saturated carbocycles. The SMILES string of the molecule is CCn1ccnc1CC(=O)c1cccc(C)c1F. The van der Waals surface area contributed by atoms with Gasteiger partial charge in [0.25, 0.3) is 0 Å². The van der Waals surface area contributed by atoms with Gasteiger partial charge in [-0.3, -0.25) is 4.79 Å². The molecule has 0 atom stereocenters. The van der Waals surface area contributed by atoms with E-state index in [1.165, 1.54) is 6.07 Å². The molecule has 0 amide bonds. The maximum atomic E-state index is 13.8. The monoisotopic (exact) mass is 246 g/mol. The second-order valence-electron chi connectivity index (χ2n) is 4.17. The van der Waals surface area contributed by atoms with Gasteiger partial charge in [0.1, 0.15) is 11.6 Å². The molecule has 1 aromatic heterocycles. The van der Waals surface area contributed by atoms with Crippen molar-refractivity contribution >= 4 is 5.78 Å². The Balaban J connectivity index is 2.25. The van der Waals surface area contributed by atoms with E-state index in [0.29, 0.717) is 11.4 Å². The van der Waals surface area contributed by atoms with E-state index in [9.17, 15) is 9.18 Å². The highest BCUT2D eigenvalue weighted by Crippen LogP contribution is 2.14. The first-order valence-electron chi connectivity index (χ1n) is 5.91. The third-order valence-electron chi connectivity index (χ3n) is 2.95. The van der Waals surface area contributed by atoms with E-state index in [1.807, 2.05) is 17.7 Å². The van der Waals surface area contributed by atoms with Gasteiger partial charge in [-0.25, -0.2) is 9.37 Å². The van der Waals surface area contributed by atoms with Crippen molar-refractivity contribution in [1.29, 1.82) is 0 Å². The van der Waals surface area contributed by atoms with Gasteiger partial charge in [0, 0.05) is 18.9 Å². The lowest BCUT2D eigenvalue weighted by atomic mass is 10.0. The molecule has 0 radical (unpaired) electrons. The number of aryl methyl sites for hydroxylation is 2. The summed E-state index contributed by atoms with van der Waals surface area (Å²) in [5.41, 5.74) is 0.625.